The first-order valence-electron chi connectivity index (χ1n) is 17.8. The SMILES string of the molecule is CC1C=CC=CC1c1ccc(N(c2ccccc2)c2ccc3c4ccccc4n(-c4ccc(-c5ccc(-c6ccccc6)cc5)cc4)c3c2)cc1. The fraction of sp³-hybridized carbons (Fsp3) is 0.0612. The lowest BCUT2D eigenvalue weighted by molar-refractivity contribution is 0.635. The summed E-state index contributed by atoms with van der Waals surface area (Å²) in [6.07, 6.45) is 8.93. The summed E-state index contributed by atoms with van der Waals surface area (Å²) in [7, 11) is 0. The zero-order chi connectivity index (χ0) is 34.1. The van der Waals surface area contributed by atoms with Gasteiger partial charge in [-0.2, -0.15) is 0 Å². The summed E-state index contributed by atoms with van der Waals surface area (Å²) < 4.78 is 2.41. The molecule has 1 aliphatic carbocycles. The van der Waals surface area contributed by atoms with Crippen LogP contribution in [0.3, 0.4) is 0 Å². The predicted octanol–water partition coefficient (Wildman–Crippen LogP) is 13.4. The number of fused-ring (bicyclic) bond motifs is 3. The zero-order valence-electron chi connectivity index (χ0n) is 28.6. The molecule has 1 aliphatic rings. The van der Waals surface area contributed by atoms with Crippen LogP contribution in [0.2, 0.25) is 0 Å². The van der Waals surface area contributed by atoms with E-state index in [0.29, 0.717) is 11.8 Å². The summed E-state index contributed by atoms with van der Waals surface area (Å²) in [5.74, 6) is 0.867. The molecule has 2 unspecified atom stereocenters. The molecule has 0 saturated heterocycles. The van der Waals surface area contributed by atoms with Gasteiger partial charge in [0.1, 0.15) is 0 Å². The lowest BCUT2D eigenvalue weighted by Gasteiger charge is -2.27. The van der Waals surface area contributed by atoms with Crippen molar-refractivity contribution in [1.82, 2.24) is 4.57 Å². The Morgan fingerprint density at radius 2 is 0.961 bits per heavy atom. The highest BCUT2D eigenvalue weighted by atomic mass is 15.1. The predicted molar refractivity (Wildman–Crippen MR) is 217 cm³/mol. The van der Waals surface area contributed by atoms with Crippen LogP contribution in [0.4, 0.5) is 17.1 Å². The second-order valence-corrected chi connectivity index (χ2v) is 13.5. The molecule has 0 amide bonds. The monoisotopic (exact) mass is 654 g/mol. The molecular weight excluding hydrogens is 617 g/mol. The number of anilines is 3. The summed E-state index contributed by atoms with van der Waals surface area (Å²) in [6.45, 7) is 2.29. The van der Waals surface area contributed by atoms with Crippen LogP contribution >= 0.6 is 0 Å². The Kier molecular flexibility index (Phi) is 7.91. The highest BCUT2D eigenvalue weighted by molar-refractivity contribution is 6.10. The van der Waals surface area contributed by atoms with Crippen molar-refractivity contribution in [2.24, 2.45) is 5.92 Å². The Hall–Kier alpha value is -6.38. The molecule has 1 aromatic heterocycles. The molecule has 0 spiro atoms. The smallest absolute Gasteiger partial charge is 0.0561 e. The van der Waals surface area contributed by atoms with E-state index in [2.05, 4.69) is 217 Å². The molecule has 0 saturated carbocycles. The highest BCUT2D eigenvalue weighted by Gasteiger charge is 2.20. The van der Waals surface area contributed by atoms with Gasteiger partial charge in [0, 0.05) is 39.4 Å². The van der Waals surface area contributed by atoms with Gasteiger partial charge in [0.2, 0.25) is 0 Å². The van der Waals surface area contributed by atoms with Crippen molar-refractivity contribution in [1.29, 1.82) is 0 Å². The van der Waals surface area contributed by atoms with Crippen LogP contribution in [-0.2, 0) is 0 Å². The summed E-state index contributed by atoms with van der Waals surface area (Å²) in [4.78, 5) is 2.37. The molecule has 0 bridgehead atoms. The molecule has 51 heavy (non-hydrogen) atoms. The first kappa shape index (κ1) is 30.7. The number of allylic oxidation sites excluding steroid dienone is 4. The van der Waals surface area contributed by atoms with Crippen molar-refractivity contribution in [3.05, 3.63) is 206 Å². The first-order valence-corrected chi connectivity index (χ1v) is 17.8. The number of nitrogens with zero attached hydrogens (tertiary/aromatic N) is 2. The van der Waals surface area contributed by atoms with Gasteiger partial charge in [0.25, 0.3) is 0 Å². The van der Waals surface area contributed by atoms with Crippen LogP contribution in [0.15, 0.2) is 200 Å². The number of hydrogen-bond acceptors (Lipinski definition) is 1. The minimum absolute atomic E-state index is 0.390. The van der Waals surface area contributed by atoms with Crippen LogP contribution in [0.25, 0.3) is 49.7 Å². The zero-order valence-corrected chi connectivity index (χ0v) is 28.6. The number of benzene rings is 7. The van der Waals surface area contributed by atoms with Gasteiger partial charge < -0.3 is 9.47 Å². The molecule has 0 radical (unpaired) electrons. The summed E-state index contributed by atoms with van der Waals surface area (Å²) >= 11 is 0. The Labute approximate surface area is 299 Å². The Morgan fingerprint density at radius 3 is 1.65 bits per heavy atom. The van der Waals surface area contributed by atoms with Crippen molar-refractivity contribution in [3.8, 4) is 27.9 Å². The Morgan fingerprint density at radius 1 is 0.431 bits per heavy atom. The van der Waals surface area contributed by atoms with E-state index in [4.69, 9.17) is 0 Å². The minimum atomic E-state index is 0.390. The molecule has 8 aromatic rings. The second-order valence-electron chi connectivity index (χ2n) is 13.5. The summed E-state index contributed by atoms with van der Waals surface area (Å²) in [5.41, 5.74) is 13.1. The van der Waals surface area contributed by atoms with E-state index in [1.165, 1.54) is 49.6 Å². The van der Waals surface area contributed by atoms with E-state index >= 15 is 0 Å². The van der Waals surface area contributed by atoms with Crippen LogP contribution in [0, 0.1) is 5.92 Å². The fourth-order valence-electron chi connectivity index (χ4n) is 7.67. The molecule has 244 valence electrons. The summed E-state index contributed by atoms with van der Waals surface area (Å²) in [5, 5.41) is 2.49. The number of aromatic nitrogens is 1. The van der Waals surface area contributed by atoms with Gasteiger partial charge in [-0.25, -0.2) is 0 Å². The van der Waals surface area contributed by atoms with Gasteiger partial charge in [-0.05, 0) is 88.3 Å². The van der Waals surface area contributed by atoms with E-state index in [1.54, 1.807) is 0 Å². The maximum Gasteiger partial charge on any atom is 0.0561 e. The molecule has 2 atom stereocenters. The molecule has 2 heteroatoms. The largest absolute Gasteiger partial charge is 0.310 e. The number of rotatable bonds is 7. The minimum Gasteiger partial charge on any atom is -0.310 e. The Balaban J connectivity index is 1.12. The maximum atomic E-state index is 2.41. The van der Waals surface area contributed by atoms with Crippen LogP contribution < -0.4 is 4.90 Å². The van der Waals surface area contributed by atoms with Crippen molar-refractivity contribution in [2.75, 3.05) is 4.90 Å². The van der Waals surface area contributed by atoms with Gasteiger partial charge in [-0.15, -0.1) is 0 Å². The third kappa shape index (κ3) is 5.75. The van der Waals surface area contributed by atoms with Crippen molar-refractivity contribution >= 4 is 38.9 Å². The number of para-hydroxylation sites is 2. The standard InChI is InChI=1S/C49H38N2/c1-35-12-8-9-17-45(35)40-26-30-42(31-27-40)50(41-15-6-3-7-16-41)44-32-33-47-46-18-10-11-19-48(46)51(49(47)34-44)43-28-24-39(25-29-43)38-22-20-37(21-23-38)36-13-4-2-5-14-36/h2-35,45H,1H3. The molecule has 0 N–H and O–H groups in total. The van der Waals surface area contributed by atoms with E-state index in [0.717, 1.165) is 22.7 Å². The molecule has 7 aromatic carbocycles. The van der Waals surface area contributed by atoms with Crippen molar-refractivity contribution < 1.29 is 0 Å². The van der Waals surface area contributed by atoms with E-state index < -0.39 is 0 Å². The van der Waals surface area contributed by atoms with E-state index in [9.17, 15) is 0 Å². The first-order chi connectivity index (χ1) is 25.2. The van der Waals surface area contributed by atoms with Crippen molar-refractivity contribution in [2.45, 2.75) is 12.8 Å². The second kappa shape index (κ2) is 13.2. The molecule has 2 nitrogen and oxygen atoms in total. The third-order valence-corrected chi connectivity index (χ3v) is 10.3. The summed E-state index contributed by atoms with van der Waals surface area (Å²) in [6, 6.07) is 63.9. The quantitative estimate of drug-likeness (QED) is 0.166. The molecule has 1 heterocycles. The van der Waals surface area contributed by atoms with Crippen LogP contribution in [0.1, 0.15) is 18.4 Å². The van der Waals surface area contributed by atoms with E-state index in [-0.39, 0.29) is 0 Å². The third-order valence-electron chi connectivity index (χ3n) is 10.3. The van der Waals surface area contributed by atoms with Crippen LogP contribution in [-0.4, -0.2) is 4.57 Å². The fourth-order valence-corrected chi connectivity index (χ4v) is 7.67. The van der Waals surface area contributed by atoms with Gasteiger partial charge in [0.15, 0.2) is 0 Å². The number of hydrogen-bond donors (Lipinski definition) is 0. The lowest BCUT2D eigenvalue weighted by Crippen LogP contribution is -2.11. The van der Waals surface area contributed by atoms with Crippen LogP contribution in [0.5, 0.6) is 0 Å². The van der Waals surface area contributed by atoms with Gasteiger partial charge >= 0.3 is 0 Å². The average Bonchev–Trinajstić information content (AvgIpc) is 3.53. The lowest BCUT2D eigenvalue weighted by atomic mass is 9.84. The van der Waals surface area contributed by atoms with E-state index in [1.807, 2.05) is 0 Å². The Bertz CT molecular complexity index is 2500. The molecule has 0 fully saturated rings. The highest BCUT2D eigenvalue weighted by Crippen LogP contribution is 2.40. The average molecular weight is 655 g/mol. The normalized spacial score (nSPS) is 15.4. The van der Waals surface area contributed by atoms with Gasteiger partial charge in [0.05, 0.1) is 11.0 Å². The molecular formula is C49H38N2. The van der Waals surface area contributed by atoms with Crippen molar-refractivity contribution in [3.63, 3.8) is 0 Å². The maximum absolute atomic E-state index is 2.41. The van der Waals surface area contributed by atoms with Gasteiger partial charge in [-0.1, -0.05) is 153 Å². The van der Waals surface area contributed by atoms with Gasteiger partial charge in [-0.3, -0.25) is 0 Å². The topological polar surface area (TPSA) is 8.17 Å². The molecule has 9 rings (SSSR count). The molecule has 0 aliphatic heterocycles.